The second-order valence-corrected chi connectivity index (χ2v) is 5.69. The first-order chi connectivity index (χ1) is 11.6. The summed E-state index contributed by atoms with van der Waals surface area (Å²) in [7, 11) is 0. The zero-order valence-corrected chi connectivity index (χ0v) is 13.6. The van der Waals surface area contributed by atoms with Crippen LogP contribution in [0.1, 0.15) is 6.92 Å². The van der Waals surface area contributed by atoms with Gasteiger partial charge in [-0.1, -0.05) is 23.4 Å². The van der Waals surface area contributed by atoms with Crippen LogP contribution in [0.4, 0.5) is 11.5 Å². The number of piperazine rings is 1. The maximum absolute atomic E-state index is 12.4. The van der Waals surface area contributed by atoms with Crippen LogP contribution in [0.5, 0.6) is 0 Å². The van der Waals surface area contributed by atoms with Crippen LogP contribution in [0.3, 0.4) is 0 Å². The van der Waals surface area contributed by atoms with Gasteiger partial charge in [0.05, 0.1) is 6.20 Å². The molecule has 0 atom stereocenters. The van der Waals surface area contributed by atoms with Crippen molar-refractivity contribution in [1.29, 1.82) is 0 Å². The quantitative estimate of drug-likeness (QED) is 0.888. The fourth-order valence-corrected chi connectivity index (χ4v) is 2.70. The van der Waals surface area contributed by atoms with Crippen molar-refractivity contribution in [1.82, 2.24) is 19.9 Å². The molecule has 1 aromatic heterocycles. The van der Waals surface area contributed by atoms with Gasteiger partial charge in [0, 0.05) is 38.8 Å². The molecule has 0 saturated carbocycles. The van der Waals surface area contributed by atoms with Gasteiger partial charge in [-0.2, -0.15) is 0 Å². The highest BCUT2D eigenvalue weighted by Gasteiger charge is 2.21. The van der Waals surface area contributed by atoms with Crippen molar-refractivity contribution in [2.75, 3.05) is 36.4 Å². The van der Waals surface area contributed by atoms with Gasteiger partial charge in [0.15, 0.2) is 5.82 Å². The average molecular weight is 328 g/mol. The van der Waals surface area contributed by atoms with Crippen molar-refractivity contribution in [2.45, 2.75) is 13.5 Å². The third kappa shape index (κ3) is 3.89. The van der Waals surface area contributed by atoms with E-state index in [1.807, 2.05) is 23.1 Å². The van der Waals surface area contributed by atoms with Gasteiger partial charge in [-0.05, 0) is 12.1 Å². The molecule has 1 saturated heterocycles. The number of hydrogen-bond acceptors (Lipinski definition) is 5. The number of amides is 2. The molecule has 0 unspecified atom stereocenters. The van der Waals surface area contributed by atoms with E-state index >= 15 is 0 Å². The Morgan fingerprint density at radius 1 is 1.12 bits per heavy atom. The molecular formula is C16H20N6O2. The molecule has 0 spiro atoms. The maximum atomic E-state index is 12.4. The van der Waals surface area contributed by atoms with Gasteiger partial charge >= 0.3 is 0 Å². The van der Waals surface area contributed by atoms with Crippen LogP contribution in [0.15, 0.2) is 36.5 Å². The molecular weight excluding hydrogens is 308 g/mol. The normalized spacial score (nSPS) is 14.5. The van der Waals surface area contributed by atoms with Crippen LogP contribution in [0.25, 0.3) is 0 Å². The van der Waals surface area contributed by atoms with Gasteiger partial charge in [-0.15, -0.1) is 5.10 Å². The van der Waals surface area contributed by atoms with Crippen LogP contribution in [-0.4, -0.2) is 57.9 Å². The fraction of sp³-hybridized carbons (Fsp3) is 0.375. The lowest BCUT2D eigenvalue weighted by Crippen LogP contribution is -2.49. The zero-order valence-electron chi connectivity index (χ0n) is 13.6. The van der Waals surface area contributed by atoms with E-state index in [2.05, 4.69) is 32.7 Å². The first-order valence-corrected chi connectivity index (χ1v) is 7.87. The van der Waals surface area contributed by atoms with Gasteiger partial charge in [0.2, 0.25) is 11.8 Å². The van der Waals surface area contributed by atoms with E-state index in [4.69, 9.17) is 0 Å². The number of nitrogens with zero attached hydrogens (tertiary/aromatic N) is 5. The number of carbonyl (C=O) groups is 2. The van der Waals surface area contributed by atoms with Crippen LogP contribution in [0, 0.1) is 0 Å². The van der Waals surface area contributed by atoms with Crippen LogP contribution < -0.4 is 10.2 Å². The van der Waals surface area contributed by atoms with Crippen molar-refractivity contribution in [3.63, 3.8) is 0 Å². The highest BCUT2D eigenvalue weighted by Crippen LogP contribution is 2.15. The third-order valence-corrected chi connectivity index (χ3v) is 3.89. The summed E-state index contributed by atoms with van der Waals surface area (Å²) in [5, 5.41) is 10.2. The monoisotopic (exact) mass is 328 g/mol. The molecule has 8 nitrogen and oxygen atoms in total. The van der Waals surface area contributed by atoms with Crippen LogP contribution in [0.2, 0.25) is 0 Å². The second kappa shape index (κ2) is 7.12. The minimum atomic E-state index is -0.217. The predicted octanol–water partition coefficient (Wildman–Crippen LogP) is 0.585. The Balaban J connectivity index is 1.52. The summed E-state index contributed by atoms with van der Waals surface area (Å²) < 4.78 is 1.44. The highest BCUT2D eigenvalue weighted by molar-refractivity contribution is 5.87. The largest absolute Gasteiger partial charge is 0.368 e. The number of aromatic nitrogens is 3. The number of para-hydroxylation sites is 1. The van der Waals surface area contributed by atoms with Gasteiger partial charge in [-0.3, -0.25) is 9.59 Å². The molecule has 2 aromatic rings. The lowest BCUT2D eigenvalue weighted by Gasteiger charge is -2.36. The Morgan fingerprint density at radius 2 is 1.83 bits per heavy atom. The van der Waals surface area contributed by atoms with E-state index in [0.29, 0.717) is 18.9 Å². The summed E-state index contributed by atoms with van der Waals surface area (Å²) in [5.74, 6) is 0.136. The summed E-state index contributed by atoms with van der Waals surface area (Å²) in [5.41, 5.74) is 1.18. The molecule has 0 bridgehead atoms. The smallest absolute Gasteiger partial charge is 0.244 e. The molecule has 8 heteroatoms. The molecule has 0 radical (unpaired) electrons. The van der Waals surface area contributed by atoms with E-state index < -0.39 is 0 Å². The number of carbonyl (C=O) groups excluding carboxylic acids is 2. The van der Waals surface area contributed by atoms with Crippen molar-refractivity contribution >= 4 is 23.3 Å². The van der Waals surface area contributed by atoms with Gasteiger partial charge in [0.1, 0.15) is 6.54 Å². The predicted molar refractivity (Wildman–Crippen MR) is 89.6 cm³/mol. The lowest BCUT2D eigenvalue weighted by atomic mass is 10.2. The highest BCUT2D eigenvalue weighted by atomic mass is 16.2. The molecule has 24 heavy (non-hydrogen) atoms. The molecule has 1 N–H and O–H groups in total. The molecule has 2 amide bonds. The van der Waals surface area contributed by atoms with Crippen LogP contribution in [-0.2, 0) is 16.1 Å². The van der Waals surface area contributed by atoms with Gasteiger partial charge < -0.3 is 15.1 Å². The first-order valence-electron chi connectivity index (χ1n) is 7.87. The topological polar surface area (TPSA) is 83.4 Å². The van der Waals surface area contributed by atoms with E-state index in [1.54, 1.807) is 6.20 Å². The Labute approximate surface area is 140 Å². The standard InChI is InChI=1S/C16H20N6O2/c1-13(23)17-15-11-22(19-18-15)12-16(24)21-9-7-20(8-10-21)14-5-3-2-4-6-14/h2-6,11H,7-10,12H2,1H3,(H,17,23). The summed E-state index contributed by atoms with van der Waals surface area (Å²) in [4.78, 5) is 27.4. The molecule has 3 rings (SSSR count). The fourth-order valence-electron chi connectivity index (χ4n) is 2.70. The molecule has 0 aliphatic carbocycles. The second-order valence-electron chi connectivity index (χ2n) is 5.69. The summed E-state index contributed by atoms with van der Waals surface area (Å²) in [6.45, 7) is 4.50. The molecule has 1 aliphatic rings. The van der Waals surface area contributed by atoms with Crippen LogP contribution >= 0.6 is 0 Å². The average Bonchev–Trinajstić information content (AvgIpc) is 3.02. The molecule has 1 aliphatic heterocycles. The number of anilines is 2. The summed E-state index contributed by atoms with van der Waals surface area (Å²) in [6.07, 6.45) is 1.56. The molecule has 126 valence electrons. The third-order valence-electron chi connectivity index (χ3n) is 3.89. The zero-order chi connectivity index (χ0) is 16.9. The van der Waals surface area contributed by atoms with Gasteiger partial charge in [-0.25, -0.2) is 4.68 Å². The molecule has 1 aromatic carbocycles. The van der Waals surface area contributed by atoms with Crippen molar-refractivity contribution < 1.29 is 9.59 Å². The number of nitrogens with one attached hydrogen (secondary N) is 1. The van der Waals surface area contributed by atoms with E-state index in [1.165, 1.54) is 17.3 Å². The van der Waals surface area contributed by atoms with E-state index in [0.717, 1.165) is 13.1 Å². The number of benzene rings is 1. The first kappa shape index (κ1) is 16.0. The SMILES string of the molecule is CC(=O)Nc1cn(CC(=O)N2CCN(c3ccccc3)CC2)nn1. The van der Waals surface area contributed by atoms with E-state index in [9.17, 15) is 9.59 Å². The Kier molecular flexibility index (Phi) is 4.74. The van der Waals surface area contributed by atoms with Gasteiger partial charge in [0.25, 0.3) is 0 Å². The Bertz CT molecular complexity index is 706. The minimum Gasteiger partial charge on any atom is -0.368 e. The van der Waals surface area contributed by atoms with Crippen molar-refractivity contribution in [2.24, 2.45) is 0 Å². The number of rotatable bonds is 4. The minimum absolute atomic E-state index is 0.00184. The van der Waals surface area contributed by atoms with Crippen molar-refractivity contribution in [3.05, 3.63) is 36.5 Å². The maximum Gasteiger partial charge on any atom is 0.244 e. The van der Waals surface area contributed by atoms with E-state index in [-0.39, 0.29) is 18.4 Å². The molecule has 1 fully saturated rings. The summed E-state index contributed by atoms with van der Waals surface area (Å²) >= 11 is 0. The lowest BCUT2D eigenvalue weighted by molar-refractivity contribution is -0.132. The number of hydrogen-bond donors (Lipinski definition) is 1. The summed E-state index contributed by atoms with van der Waals surface area (Å²) in [6, 6.07) is 10.2. The molecule has 2 heterocycles. The van der Waals surface area contributed by atoms with Crippen molar-refractivity contribution in [3.8, 4) is 0 Å². The Morgan fingerprint density at radius 3 is 2.50 bits per heavy atom. The Hall–Kier alpha value is -2.90.